The second kappa shape index (κ2) is 6.50. The zero-order valence-electron chi connectivity index (χ0n) is 11.7. The minimum atomic E-state index is -0.119. The Hall–Kier alpha value is -1.65. The molecule has 1 N–H and O–H groups in total. The van der Waals surface area contributed by atoms with Crippen LogP contribution < -0.4 is 5.32 Å². The van der Waals surface area contributed by atoms with Crippen LogP contribution in [0.3, 0.4) is 0 Å². The summed E-state index contributed by atoms with van der Waals surface area (Å²) in [5.74, 6) is 1.38. The van der Waals surface area contributed by atoms with E-state index in [1.54, 1.807) is 20.2 Å². The lowest BCUT2D eigenvalue weighted by Crippen LogP contribution is -2.23. The highest BCUT2D eigenvalue weighted by molar-refractivity contribution is 5.91. The Morgan fingerprint density at radius 3 is 2.58 bits per heavy atom. The molecule has 19 heavy (non-hydrogen) atoms. The summed E-state index contributed by atoms with van der Waals surface area (Å²) in [6.45, 7) is 0.954. The SMILES string of the molecule is CN(C)C(=O)c1ccc(NCC2CCCCC2)nn1. The number of nitrogens with zero attached hydrogens (tertiary/aromatic N) is 3. The molecule has 1 saturated carbocycles. The van der Waals surface area contributed by atoms with E-state index in [9.17, 15) is 4.79 Å². The van der Waals surface area contributed by atoms with Crippen molar-refractivity contribution in [1.29, 1.82) is 0 Å². The Morgan fingerprint density at radius 2 is 2.00 bits per heavy atom. The summed E-state index contributed by atoms with van der Waals surface area (Å²) in [7, 11) is 3.42. The van der Waals surface area contributed by atoms with E-state index in [4.69, 9.17) is 0 Å². The first-order valence-corrected chi connectivity index (χ1v) is 6.96. The van der Waals surface area contributed by atoms with E-state index >= 15 is 0 Å². The van der Waals surface area contributed by atoms with Gasteiger partial charge in [-0.15, -0.1) is 10.2 Å². The maximum absolute atomic E-state index is 11.7. The van der Waals surface area contributed by atoms with Crippen molar-refractivity contribution in [1.82, 2.24) is 15.1 Å². The van der Waals surface area contributed by atoms with Gasteiger partial charge in [0.25, 0.3) is 5.91 Å². The molecule has 0 saturated heterocycles. The number of nitrogens with one attached hydrogen (secondary N) is 1. The molecule has 0 spiro atoms. The van der Waals surface area contributed by atoms with Gasteiger partial charge in [0.2, 0.25) is 0 Å². The number of amides is 1. The lowest BCUT2D eigenvalue weighted by molar-refractivity contribution is 0.0821. The van der Waals surface area contributed by atoms with Crippen molar-refractivity contribution in [3.05, 3.63) is 17.8 Å². The molecule has 1 heterocycles. The average Bonchev–Trinajstić information content (AvgIpc) is 2.46. The third-order valence-corrected chi connectivity index (χ3v) is 3.59. The number of anilines is 1. The largest absolute Gasteiger partial charge is 0.368 e. The van der Waals surface area contributed by atoms with E-state index in [2.05, 4.69) is 15.5 Å². The number of hydrogen-bond donors (Lipinski definition) is 1. The van der Waals surface area contributed by atoms with Gasteiger partial charge >= 0.3 is 0 Å². The van der Waals surface area contributed by atoms with Crippen LogP contribution in [0.4, 0.5) is 5.82 Å². The molecule has 1 aliphatic rings. The molecule has 5 nitrogen and oxygen atoms in total. The molecule has 1 aliphatic carbocycles. The molecular weight excluding hydrogens is 240 g/mol. The third-order valence-electron chi connectivity index (χ3n) is 3.59. The molecule has 5 heteroatoms. The van der Waals surface area contributed by atoms with Gasteiger partial charge in [-0.25, -0.2) is 0 Å². The Bertz CT molecular complexity index is 410. The van der Waals surface area contributed by atoms with Gasteiger partial charge in [0.1, 0.15) is 5.82 Å². The van der Waals surface area contributed by atoms with Gasteiger partial charge in [-0.05, 0) is 30.9 Å². The minimum Gasteiger partial charge on any atom is -0.368 e. The van der Waals surface area contributed by atoms with Crippen molar-refractivity contribution < 1.29 is 4.79 Å². The summed E-state index contributed by atoms with van der Waals surface area (Å²) < 4.78 is 0. The Kier molecular flexibility index (Phi) is 4.71. The predicted octanol–water partition coefficient (Wildman–Crippen LogP) is 2.17. The lowest BCUT2D eigenvalue weighted by atomic mass is 9.89. The maximum atomic E-state index is 11.7. The molecule has 0 radical (unpaired) electrons. The van der Waals surface area contributed by atoms with Gasteiger partial charge in [-0.2, -0.15) is 0 Å². The van der Waals surface area contributed by atoms with Crippen LogP contribution >= 0.6 is 0 Å². The highest BCUT2D eigenvalue weighted by Gasteiger charge is 2.14. The molecule has 104 valence electrons. The molecule has 1 fully saturated rings. The standard InChI is InChI=1S/C14H22N4O/c1-18(2)14(19)12-8-9-13(17-16-12)15-10-11-6-4-3-5-7-11/h8-9,11H,3-7,10H2,1-2H3,(H,15,17). The summed E-state index contributed by atoms with van der Waals surface area (Å²) in [5.41, 5.74) is 0.383. The summed E-state index contributed by atoms with van der Waals surface area (Å²) >= 11 is 0. The van der Waals surface area contributed by atoms with E-state index in [1.807, 2.05) is 6.07 Å². The normalized spacial score (nSPS) is 16.1. The summed E-state index contributed by atoms with van der Waals surface area (Å²) in [6.07, 6.45) is 6.66. The van der Waals surface area contributed by atoms with E-state index < -0.39 is 0 Å². The van der Waals surface area contributed by atoms with Gasteiger partial charge in [-0.3, -0.25) is 4.79 Å². The lowest BCUT2D eigenvalue weighted by Gasteiger charge is -2.21. The Balaban J connectivity index is 1.86. The van der Waals surface area contributed by atoms with Gasteiger partial charge < -0.3 is 10.2 Å². The van der Waals surface area contributed by atoms with Gasteiger partial charge in [0.15, 0.2) is 5.69 Å². The molecule has 0 atom stereocenters. The Labute approximate surface area is 114 Å². The van der Waals surface area contributed by atoms with Gasteiger partial charge in [0.05, 0.1) is 0 Å². The topological polar surface area (TPSA) is 58.1 Å². The van der Waals surface area contributed by atoms with Crippen LogP contribution in [0.5, 0.6) is 0 Å². The molecule has 0 unspecified atom stereocenters. The Morgan fingerprint density at radius 1 is 1.26 bits per heavy atom. The van der Waals surface area contributed by atoms with E-state index in [0.29, 0.717) is 5.69 Å². The zero-order chi connectivity index (χ0) is 13.7. The first-order chi connectivity index (χ1) is 9.16. The van der Waals surface area contributed by atoms with Crippen LogP contribution in [0.2, 0.25) is 0 Å². The fourth-order valence-corrected chi connectivity index (χ4v) is 2.41. The van der Waals surface area contributed by atoms with Crippen LogP contribution in [-0.2, 0) is 0 Å². The van der Waals surface area contributed by atoms with Crippen LogP contribution in [0.25, 0.3) is 0 Å². The van der Waals surface area contributed by atoms with Gasteiger partial charge in [-0.1, -0.05) is 19.3 Å². The molecule has 0 bridgehead atoms. The first kappa shape index (κ1) is 13.8. The second-order valence-electron chi connectivity index (χ2n) is 5.39. The molecule has 1 aromatic heterocycles. The van der Waals surface area contributed by atoms with E-state index in [1.165, 1.54) is 37.0 Å². The smallest absolute Gasteiger partial charge is 0.273 e. The van der Waals surface area contributed by atoms with E-state index in [-0.39, 0.29) is 5.91 Å². The molecule has 0 aromatic carbocycles. The van der Waals surface area contributed by atoms with Crippen molar-refractivity contribution in [2.24, 2.45) is 5.92 Å². The van der Waals surface area contributed by atoms with Crippen LogP contribution in [0, 0.1) is 5.92 Å². The van der Waals surface area contributed by atoms with Crippen molar-refractivity contribution in [2.45, 2.75) is 32.1 Å². The number of rotatable bonds is 4. The third kappa shape index (κ3) is 3.91. The fourth-order valence-electron chi connectivity index (χ4n) is 2.41. The van der Waals surface area contributed by atoms with Crippen LogP contribution in [0.15, 0.2) is 12.1 Å². The van der Waals surface area contributed by atoms with E-state index in [0.717, 1.165) is 18.3 Å². The first-order valence-electron chi connectivity index (χ1n) is 6.96. The second-order valence-corrected chi connectivity index (χ2v) is 5.39. The zero-order valence-corrected chi connectivity index (χ0v) is 11.7. The summed E-state index contributed by atoms with van der Waals surface area (Å²) in [5, 5.41) is 11.3. The predicted molar refractivity (Wildman–Crippen MR) is 75.1 cm³/mol. The van der Waals surface area contributed by atoms with Crippen molar-refractivity contribution in [3.8, 4) is 0 Å². The van der Waals surface area contributed by atoms with Crippen molar-refractivity contribution in [3.63, 3.8) is 0 Å². The van der Waals surface area contributed by atoms with Crippen molar-refractivity contribution in [2.75, 3.05) is 26.0 Å². The number of hydrogen-bond acceptors (Lipinski definition) is 4. The number of carbonyl (C=O) groups excluding carboxylic acids is 1. The molecule has 0 aliphatic heterocycles. The quantitative estimate of drug-likeness (QED) is 0.903. The minimum absolute atomic E-state index is 0.119. The molecule has 1 aromatic rings. The fraction of sp³-hybridized carbons (Fsp3) is 0.643. The number of aromatic nitrogens is 2. The maximum Gasteiger partial charge on any atom is 0.273 e. The van der Waals surface area contributed by atoms with Crippen LogP contribution in [-0.4, -0.2) is 41.6 Å². The highest BCUT2D eigenvalue weighted by Crippen LogP contribution is 2.23. The summed E-state index contributed by atoms with van der Waals surface area (Å²) in [4.78, 5) is 13.2. The van der Waals surface area contributed by atoms with Gasteiger partial charge in [0, 0.05) is 20.6 Å². The van der Waals surface area contributed by atoms with Crippen molar-refractivity contribution >= 4 is 11.7 Å². The molecule has 2 rings (SSSR count). The monoisotopic (exact) mass is 262 g/mol. The molecule has 1 amide bonds. The number of carbonyl (C=O) groups is 1. The van der Waals surface area contributed by atoms with Crippen LogP contribution in [0.1, 0.15) is 42.6 Å². The average molecular weight is 262 g/mol. The highest BCUT2D eigenvalue weighted by atomic mass is 16.2. The molecular formula is C14H22N4O. The summed E-state index contributed by atoms with van der Waals surface area (Å²) in [6, 6.07) is 3.55.